The monoisotopic (exact) mass is 533 g/mol. The van der Waals surface area contributed by atoms with Crippen LogP contribution in [-0.2, 0) is 19.5 Å². The first kappa shape index (κ1) is 26.6. The van der Waals surface area contributed by atoms with Crippen molar-refractivity contribution in [2.75, 3.05) is 19.1 Å². The molecule has 8 heteroatoms. The lowest BCUT2D eigenvalue weighted by Gasteiger charge is -2.26. The number of rotatable bonds is 10. The standard InChI is InChI=1S/C32H31N5O3/c1-4-23-13-14-34-17-27(23)29-15-24-16-30(31(33)38)35-18-28(24)32(36-29)37(19-21-5-9-25(39-2)10-6-21)20-22-7-11-26(40-3)12-8-22/h5-18H,4,19-20H2,1-3H3,(H2,33,38). The molecule has 8 nitrogen and oxygen atoms in total. The molecule has 1 amide bonds. The van der Waals surface area contributed by atoms with Crippen LogP contribution in [0.25, 0.3) is 22.0 Å². The first-order chi connectivity index (χ1) is 19.5. The van der Waals surface area contributed by atoms with Crippen LogP contribution in [0.4, 0.5) is 5.82 Å². The first-order valence-electron chi connectivity index (χ1n) is 13.0. The fourth-order valence-electron chi connectivity index (χ4n) is 4.72. The molecular formula is C32H31N5O3. The Morgan fingerprint density at radius 2 is 1.50 bits per heavy atom. The van der Waals surface area contributed by atoms with Crippen LogP contribution in [0.1, 0.15) is 34.1 Å². The van der Waals surface area contributed by atoms with Crippen LogP contribution in [0.2, 0.25) is 0 Å². The molecule has 40 heavy (non-hydrogen) atoms. The summed E-state index contributed by atoms with van der Waals surface area (Å²) in [6.45, 7) is 3.26. The number of nitrogens with zero attached hydrogens (tertiary/aromatic N) is 4. The number of nitrogens with two attached hydrogens (primary N) is 1. The molecule has 5 rings (SSSR count). The molecule has 0 saturated heterocycles. The van der Waals surface area contributed by atoms with E-state index in [0.29, 0.717) is 13.1 Å². The highest BCUT2D eigenvalue weighted by Crippen LogP contribution is 2.33. The summed E-state index contributed by atoms with van der Waals surface area (Å²) in [6.07, 6.45) is 6.14. The number of benzene rings is 2. The predicted octanol–water partition coefficient (Wildman–Crippen LogP) is 5.58. The first-order valence-corrected chi connectivity index (χ1v) is 13.0. The van der Waals surface area contributed by atoms with Crippen LogP contribution in [0, 0.1) is 0 Å². The number of aryl methyl sites for hydroxylation is 1. The summed E-state index contributed by atoms with van der Waals surface area (Å²) >= 11 is 0. The van der Waals surface area contributed by atoms with E-state index in [1.807, 2.05) is 66.9 Å². The molecule has 0 saturated carbocycles. The number of aromatic nitrogens is 3. The largest absolute Gasteiger partial charge is 0.497 e. The quantitative estimate of drug-likeness (QED) is 0.250. The molecule has 3 heterocycles. The van der Waals surface area contributed by atoms with Crippen molar-refractivity contribution in [3.05, 3.63) is 108 Å². The normalized spacial score (nSPS) is 10.9. The highest BCUT2D eigenvalue weighted by atomic mass is 16.5. The fourth-order valence-corrected chi connectivity index (χ4v) is 4.72. The molecular weight excluding hydrogens is 502 g/mol. The average Bonchev–Trinajstić information content (AvgIpc) is 3.00. The highest BCUT2D eigenvalue weighted by Gasteiger charge is 2.19. The van der Waals surface area contributed by atoms with E-state index < -0.39 is 5.91 Å². The van der Waals surface area contributed by atoms with Gasteiger partial charge >= 0.3 is 0 Å². The van der Waals surface area contributed by atoms with E-state index in [9.17, 15) is 4.79 Å². The number of hydrogen-bond acceptors (Lipinski definition) is 7. The summed E-state index contributed by atoms with van der Waals surface area (Å²) in [5, 5.41) is 1.64. The predicted molar refractivity (Wildman–Crippen MR) is 157 cm³/mol. The van der Waals surface area contributed by atoms with Crippen molar-refractivity contribution in [3.8, 4) is 22.8 Å². The van der Waals surface area contributed by atoms with E-state index in [0.717, 1.165) is 62.5 Å². The van der Waals surface area contributed by atoms with E-state index in [1.54, 1.807) is 32.7 Å². The second-order valence-corrected chi connectivity index (χ2v) is 9.42. The van der Waals surface area contributed by atoms with Gasteiger partial charge in [-0.1, -0.05) is 31.2 Å². The van der Waals surface area contributed by atoms with Crippen LogP contribution < -0.4 is 20.1 Å². The second-order valence-electron chi connectivity index (χ2n) is 9.42. The van der Waals surface area contributed by atoms with E-state index in [-0.39, 0.29) is 5.69 Å². The van der Waals surface area contributed by atoms with Crippen molar-refractivity contribution in [3.63, 3.8) is 0 Å². The Bertz CT molecular complexity index is 1590. The van der Waals surface area contributed by atoms with Gasteiger partial charge in [-0.15, -0.1) is 0 Å². The second kappa shape index (κ2) is 11.8. The number of pyridine rings is 3. The van der Waals surface area contributed by atoms with Crippen molar-refractivity contribution in [2.45, 2.75) is 26.4 Å². The summed E-state index contributed by atoms with van der Waals surface area (Å²) in [5.74, 6) is 1.75. The summed E-state index contributed by atoms with van der Waals surface area (Å²) in [7, 11) is 3.31. The molecule has 0 spiro atoms. The number of fused-ring (bicyclic) bond motifs is 1. The van der Waals surface area contributed by atoms with Gasteiger partial charge in [-0.05, 0) is 71.0 Å². The van der Waals surface area contributed by atoms with Gasteiger partial charge in [0, 0.05) is 42.6 Å². The molecule has 0 radical (unpaired) electrons. The maximum Gasteiger partial charge on any atom is 0.267 e. The van der Waals surface area contributed by atoms with Crippen molar-refractivity contribution in [2.24, 2.45) is 5.73 Å². The molecule has 0 fully saturated rings. The minimum Gasteiger partial charge on any atom is -0.497 e. The van der Waals surface area contributed by atoms with E-state index in [4.69, 9.17) is 20.2 Å². The molecule has 202 valence electrons. The van der Waals surface area contributed by atoms with Gasteiger partial charge in [-0.25, -0.2) is 4.98 Å². The number of methoxy groups -OCH3 is 2. The van der Waals surface area contributed by atoms with Gasteiger partial charge in [0.05, 0.1) is 19.9 Å². The van der Waals surface area contributed by atoms with Gasteiger partial charge in [0.15, 0.2) is 0 Å². The van der Waals surface area contributed by atoms with E-state index >= 15 is 0 Å². The smallest absolute Gasteiger partial charge is 0.267 e. The van der Waals surface area contributed by atoms with Gasteiger partial charge in [-0.3, -0.25) is 14.8 Å². The minimum atomic E-state index is -0.578. The van der Waals surface area contributed by atoms with Gasteiger partial charge < -0.3 is 20.1 Å². The molecule has 0 unspecified atom stereocenters. The van der Waals surface area contributed by atoms with Crippen LogP contribution in [0.3, 0.4) is 0 Å². The number of carbonyl (C=O) groups excluding carboxylic acids is 1. The molecule has 0 aliphatic carbocycles. The van der Waals surface area contributed by atoms with E-state index in [2.05, 4.69) is 21.8 Å². The van der Waals surface area contributed by atoms with Crippen molar-refractivity contribution >= 4 is 22.5 Å². The molecule has 3 aromatic heterocycles. The zero-order chi connectivity index (χ0) is 28.1. The van der Waals surface area contributed by atoms with Gasteiger partial charge in [-0.2, -0.15) is 0 Å². The highest BCUT2D eigenvalue weighted by molar-refractivity contribution is 5.99. The number of amides is 1. The molecule has 2 aromatic carbocycles. The van der Waals surface area contributed by atoms with E-state index in [1.165, 1.54) is 0 Å². The number of ether oxygens (including phenoxy) is 2. The van der Waals surface area contributed by atoms with Gasteiger partial charge in [0.25, 0.3) is 5.91 Å². The Morgan fingerprint density at radius 1 is 0.875 bits per heavy atom. The van der Waals surface area contributed by atoms with Crippen molar-refractivity contribution in [1.82, 2.24) is 15.0 Å². The lowest BCUT2D eigenvalue weighted by Crippen LogP contribution is -2.24. The molecule has 0 atom stereocenters. The van der Waals surface area contributed by atoms with Crippen LogP contribution >= 0.6 is 0 Å². The lowest BCUT2D eigenvalue weighted by molar-refractivity contribution is 0.0995. The van der Waals surface area contributed by atoms with Crippen molar-refractivity contribution < 1.29 is 14.3 Å². The third-order valence-electron chi connectivity index (χ3n) is 6.88. The zero-order valence-corrected chi connectivity index (χ0v) is 22.8. The maximum absolute atomic E-state index is 12.0. The van der Waals surface area contributed by atoms with Crippen molar-refractivity contribution in [1.29, 1.82) is 0 Å². The SMILES string of the molecule is CCc1ccncc1-c1cc2cc(C(N)=O)ncc2c(N(Cc2ccc(OC)cc2)Cc2ccc(OC)cc2)n1. The number of carbonyl (C=O) groups is 1. The number of anilines is 1. The topological polar surface area (TPSA) is 103 Å². The third-order valence-corrected chi connectivity index (χ3v) is 6.88. The lowest BCUT2D eigenvalue weighted by atomic mass is 10.0. The summed E-state index contributed by atoms with van der Waals surface area (Å²) < 4.78 is 10.7. The van der Waals surface area contributed by atoms with Crippen LogP contribution in [0.15, 0.2) is 85.3 Å². The third kappa shape index (κ3) is 5.71. The van der Waals surface area contributed by atoms with Gasteiger partial charge in [0.2, 0.25) is 0 Å². The maximum atomic E-state index is 12.0. The minimum absolute atomic E-state index is 0.203. The average molecular weight is 534 g/mol. The Morgan fingerprint density at radius 3 is 2.05 bits per heavy atom. The zero-order valence-electron chi connectivity index (χ0n) is 22.8. The summed E-state index contributed by atoms with van der Waals surface area (Å²) in [5.41, 5.74) is 10.8. The molecule has 5 aromatic rings. The summed E-state index contributed by atoms with van der Waals surface area (Å²) in [6, 6.07) is 21.7. The van der Waals surface area contributed by atoms with Gasteiger partial charge in [0.1, 0.15) is 23.0 Å². The Kier molecular flexibility index (Phi) is 7.87. The summed E-state index contributed by atoms with van der Waals surface area (Å²) in [4.78, 5) is 28.1. The molecule has 2 N–H and O–H groups in total. The molecule has 0 aliphatic heterocycles. The molecule has 0 bridgehead atoms. The number of primary amides is 1. The number of hydrogen-bond donors (Lipinski definition) is 1. The van der Waals surface area contributed by atoms with Crippen LogP contribution in [0.5, 0.6) is 11.5 Å². The molecule has 0 aliphatic rings. The Hall–Kier alpha value is -4.98. The fraction of sp³-hybridized carbons (Fsp3) is 0.188. The Balaban J connectivity index is 1.69. The Labute approximate surface area is 233 Å². The van der Waals surface area contributed by atoms with Crippen LogP contribution in [-0.4, -0.2) is 35.1 Å².